The molecule has 0 saturated heterocycles. The fourth-order valence-corrected chi connectivity index (χ4v) is 1.95. The molecule has 0 aromatic carbocycles. The minimum Gasteiger partial charge on any atom is -0.366 e. The van der Waals surface area contributed by atoms with Gasteiger partial charge < -0.3 is 15.8 Å². The predicted octanol–water partition coefficient (Wildman–Crippen LogP) is 1.63. The maximum Gasteiger partial charge on any atom is 0.377 e. The number of aromatic nitrogens is 1. The van der Waals surface area contributed by atoms with Crippen molar-refractivity contribution in [3.8, 4) is 0 Å². The fourth-order valence-electron chi connectivity index (χ4n) is 1.03. The van der Waals surface area contributed by atoms with E-state index in [1.807, 2.05) is 0 Å². The van der Waals surface area contributed by atoms with Crippen molar-refractivity contribution in [1.82, 2.24) is 4.98 Å². The first kappa shape index (κ1) is 12.7. The first-order chi connectivity index (χ1) is 7.36. The van der Waals surface area contributed by atoms with Gasteiger partial charge in [0.25, 0.3) is 12.3 Å². The lowest BCUT2D eigenvalue weighted by Gasteiger charge is -2.05. The van der Waals surface area contributed by atoms with Gasteiger partial charge in [-0.15, -0.1) is 0 Å². The lowest BCUT2D eigenvalue weighted by molar-refractivity contribution is -0.390. The number of nitro groups is 1. The number of primary amides is 1. The van der Waals surface area contributed by atoms with E-state index in [4.69, 9.17) is 5.73 Å². The highest BCUT2D eigenvalue weighted by Gasteiger charge is 2.28. The maximum absolute atomic E-state index is 12.5. The van der Waals surface area contributed by atoms with Crippen LogP contribution >= 0.6 is 22.6 Å². The summed E-state index contributed by atoms with van der Waals surface area (Å²) in [5.41, 5.74) is 3.63. The number of halogens is 3. The number of nitrogens with two attached hydrogens (primary N) is 1. The number of nitrogens with zero attached hydrogens (tertiary/aromatic N) is 2. The molecule has 2 N–H and O–H groups in total. The molecular weight excluding hydrogens is 339 g/mol. The second kappa shape index (κ2) is 4.63. The molecule has 1 rings (SSSR count). The normalized spacial score (nSPS) is 10.5. The summed E-state index contributed by atoms with van der Waals surface area (Å²) in [6, 6.07) is 0. The molecule has 0 spiro atoms. The topological polar surface area (TPSA) is 99.1 Å². The van der Waals surface area contributed by atoms with Crippen molar-refractivity contribution < 1.29 is 18.5 Å². The van der Waals surface area contributed by atoms with Crippen LogP contribution in [0.3, 0.4) is 0 Å². The summed E-state index contributed by atoms with van der Waals surface area (Å²) in [6.45, 7) is 0. The van der Waals surface area contributed by atoms with Crippen molar-refractivity contribution in [2.24, 2.45) is 5.73 Å². The zero-order valence-electron chi connectivity index (χ0n) is 7.49. The average Bonchev–Trinajstić information content (AvgIpc) is 2.15. The predicted molar refractivity (Wildman–Crippen MR) is 57.1 cm³/mol. The van der Waals surface area contributed by atoms with Gasteiger partial charge in [-0.2, -0.15) is 0 Å². The molecule has 1 heterocycles. The number of hydrogen-bond donors (Lipinski definition) is 1. The van der Waals surface area contributed by atoms with Crippen LogP contribution in [0.4, 0.5) is 14.6 Å². The van der Waals surface area contributed by atoms with Crippen molar-refractivity contribution in [3.63, 3.8) is 0 Å². The van der Waals surface area contributed by atoms with Crippen LogP contribution in [0.15, 0.2) is 6.20 Å². The zero-order valence-corrected chi connectivity index (χ0v) is 9.64. The van der Waals surface area contributed by atoms with Gasteiger partial charge in [0.1, 0.15) is 9.77 Å². The monoisotopic (exact) mass is 343 g/mol. The van der Waals surface area contributed by atoms with Gasteiger partial charge in [0.15, 0.2) is 0 Å². The van der Waals surface area contributed by atoms with E-state index in [1.165, 1.54) is 22.6 Å². The average molecular weight is 343 g/mol. The summed E-state index contributed by atoms with van der Waals surface area (Å²) < 4.78 is 24.7. The Hall–Kier alpha value is -1.39. The molecule has 16 heavy (non-hydrogen) atoms. The third-order valence-electron chi connectivity index (χ3n) is 1.68. The Labute approximate surface area is 101 Å². The third kappa shape index (κ3) is 2.23. The van der Waals surface area contributed by atoms with E-state index in [0.717, 1.165) is 0 Å². The minimum absolute atomic E-state index is 0.284. The number of pyridine rings is 1. The SMILES string of the molecule is NC(=O)c1c(C(F)F)cnc([N+](=O)[O-])c1I. The fraction of sp³-hybridized carbons (Fsp3) is 0.143. The van der Waals surface area contributed by atoms with Crippen LogP contribution in [0.5, 0.6) is 0 Å². The number of hydrogen-bond acceptors (Lipinski definition) is 4. The second-order valence-electron chi connectivity index (χ2n) is 2.65. The largest absolute Gasteiger partial charge is 0.377 e. The van der Waals surface area contributed by atoms with Crippen LogP contribution in [-0.4, -0.2) is 15.8 Å². The Kier molecular flexibility index (Phi) is 3.67. The molecule has 0 aliphatic rings. The molecule has 0 aliphatic heterocycles. The molecule has 0 aliphatic carbocycles. The highest BCUT2D eigenvalue weighted by Crippen LogP contribution is 2.29. The van der Waals surface area contributed by atoms with E-state index in [9.17, 15) is 23.7 Å². The van der Waals surface area contributed by atoms with Crippen LogP contribution in [0.2, 0.25) is 0 Å². The standard InChI is InChI=1S/C7H4F2IN3O3/c8-5(9)2-1-12-7(13(15)16)4(10)3(2)6(11)14/h1,5H,(H2,11,14). The number of rotatable bonds is 3. The Balaban J connectivity index is 3.54. The minimum atomic E-state index is -2.97. The van der Waals surface area contributed by atoms with E-state index >= 15 is 0 Å². The smallest absolute Gasteiger partial charge is 0.366 e. The van der Waals surface area contributed by atoms with Crippen LogP contribution < -0.4 is 5.73 Å². The number of amides is 1. The van der Waals surface area contributed by atoms with Crippen molar-refractivity contribution in [2.45, 2.75) is 6.43 Å². The van der Waals surface area contributed by atoms with Crippen molar-refractivity contribution >= 4 is 34.3 Å². The molecule has 86 valence electrons. The molecule has 1 amide bonds. The number of carbonyl (C=O) groups is 1. The summed E-state index contributed by atoms with van der Waals surface area (Å²) in [6.07, 6.45) is -2.38. The first-order valence-electron chi connectivity index (χ1n) is 3.77. The van der Waals surface area contributed by atoms with Crippen LogP contribution in [0.1, 0.15) is 22.3 Å². The molecule has 6 nitrogen and oxygen atoms in total. The number of carbonyl (C=O) groups excluding carboxylic acids is 1. The van der Waals surface area contributed by atoms with E-state index in [1.54, 1.807) is 0 Å². The molecular formula is C7H4F2IN3O3. The van der Waals surface area contributed by atoms with Gasteiger partial charge in [-0.1, -0.05) is 0 Å². The Morgan fingerprint density at radius 1 is 1.62 bits per heavy atom. The van der Waals surface area contributed by atoms with E-state index in [-0.39, 0.29) is 3.57 Å². The van der Waals surface area contributed by atoms with Crippen LogP contribution in [-0.2, 0) is 0 Å². The van der Waals surface area contributed by atoms with Gasteiger partial charge in [0.2, 0.25) is 0 Å². The molecule has 0 unspecified atom stereocenters. The van der Waals surface area contributed by atoms with Crippen molar-refractivity contribution in [3.05, 3.63) is 31.0 Å². The quantitative estimate of drug-likeness (QED) is 0.512. The molecule has 0 saturated carbocycles. The molecule has 0 bridgehead atoms. The molecule has 1 aromatic rings. The van der Waals surface area contributed by atoms with Crippen molar-refractivity contribution in [1.29, 1.82) is 0 Å². The molecule has 0 atom stereocenters. The first-order valence-corrected chi connectivity index (χ1v) is 4.84. The Morgan fingerprint density at radius 2 is 2.19 bits per heavy atom. The van der Waals surface area contributed by atoms with Gasteiger partial charge in [0, 0.05) is 0 Å². The summed E-state index contributed by atoms with van der Waals surface area (Å²) in [5.74, 6) is -1.82. The summed E-state index contributed by atoms with van der Waals surface area (Å²) in [5, 5.41) is 10.5. The lowest BCUT2D eigenvalue weighted by Crippen LogP contribution is -2.17. The molecule has 1 aromatic heterocycles. The second-order valence-corrected chi connectivity index (χ2v) is 3.73. The highest BCUT2D eigenvalue weighted by atomic mass is 127. The van der Waals surface area contributed by atoms with Gasteiger partial charge in [-0.3, -0.25) is 4.79 Å². The Bertz CT molecular complexity index is 466. The highest BCUT2D eigenvalue weighted by molar-refractivity contribution is 14.1. The van der Waals surface area contributed by atoms with E-state index < -0.39 is 34.2 Å². The van der Waals surface area contributed by atoms with Crippen LogP contribution in [0, 0.1) is 13.7 Å². The van der Waals surface area contributed by atoms with E-state index in [2.05, 4.69) is 4.98 Å². The van der Waals surface area contributed by atoms with Crippen LogP contribution in [0.25, 0.3) is 0 Å². The van der Waals surface area contributed by atoms with Gasteiger partial charge in [-0.25, -0.2) is 8.78 Å². The zero-order chi connectivity index (χ0) is 12.5. The summed E-state index contributed by atoms with van der Waals surface area (Å²) in [4.78, 5) is 23.8. The third-order valence-corrected chi connectivity index (χ3v) is 2.71. The van der Waals surface area contributed by atoms with Gasteiger partial charge in [-0.05, 0) is 32.5 Å². The lowest BCUT2D eigenvalue weighted by atomic mass is 10.1. The Morgan fingerprint density at radius 3 is 2.56 bits per heavy atom. The number of alkyl halides is 2. The molecule has 0 radical (unpaired) electrons. The summed E-state index contributed by atoms with van der Waals surface area (Å²) in [7, 11) is 0. The molecule has 9 heteroatoms. The van der Waals surface area contributed by atoms with Crippen molar-refractivity contribution in [2.75, 3.05) is 0 Å². The van der Waals surface area contributed by atoms with Gasteiger partial charge >= 0.3 is 5.82 Å². The maximum atomic E-state index is 12.5. The summed E-state index contributed by atoms with van der Waals surface area (Å²) >= 11 is 1.39. The molecule has 0 fully saturated rings. The van der Waals surface area contributed by atoms with Gasteiger partial charge in [0.05, 0.1) is 11.1 Å². The van der Waals surface area contributed by atoms with E-state index in [0.29, 0.717) is 6.20 Å².